The fourth-order valence-corrected chi connectivity index (χ4v) is 4.11. The number of ether oxygens (including phenoxy) is 9. The molecule has 2 fully saturated rings. The van der Waals surface area contributed by atoms with Crippen LogP contribution in [-0.4, -0.2) is 111 Å². The minimum atomic E-state index is -1.66. The van der Waals surface area contributed by atoms with E-state index in [-0.39, 0.29) is 19.6 Å². The first-order chi connectivity index (χ1) is 17.8. The largest absolute Gasteiger partial charge is 0.458 e. The van der Waals surface area contributed by atoms with Gasteiger partial charge in [-0.2, -0.15) is 0 Å². The molecule has 0 spiro atoms. The first kappa shape index (κ1) is 31.4. The lowest BCUT2D eigenvalue weighted by molar-refractivity contribution is -0.261. The molecule has 0 amide bonds. The Morgan fingerprint density at radius 1 is 0.632 bits per heavy atom. The van der Waals surface area contributed by atoms with Crippen molar-refractivity contribution in [2.45, 2.75) is 96.3 Å². The number of carbonyl (C=O) groups excluding carboxylic acids is 5. The monoisotopic (exact) mass is 550 g/mol. The molecule has 2 aliphatic rings. The van der Waals surface area contributed by atoms with E-state index in [4.69, 9.17) is 42.6 Å². The molecule has 0 aliphatic carbocycles. The molecular weight excluding hydrogens is 516 g/mol. The maximum atomic E-state index is 12.0. The summed E-state index contributed by atoms with van der Waals surface area (Å²) < 4.78 is 49.0. The average molecular weight is 551 g/mol. The van der Waals surface area contributed by atoms with Crippen LogP contribution in [0, 0.1) is 0 Å². The third-order valence-corrected chi connectivity index (χ3v) is 5.44. The first-order valence-electron chi connectivity index (χ1n) is 11.8. The third kappa shape index (κ3) is 8.87. The fourth-order valence-electron chi connectivity index (χ4n) is 4.11. The van der Waals surface area contributed by atoms with Gasteiger partial charge in [0.05, 0.1) is 13.2 Å². The minimum Gasteiger partial charge on any atom is -0.458 e. The highest BCUT2D eigenvalue weighted by molar-refractivity contribution is 5.68. The Labute approximate surface area is 218 Å². The third-order valence-electron chi connectivity index (χ3n) is 5.44. The fraction of sp³-hybridized carbons (Fsp3) is 0.783. The minimum absolute atomic E-state index is 0.0508. The molecule has 2 aliphatic heterocycles. The van der Waals surface area contributed by atoms with Crippen molar-refractivity contribution in [2.24, 2.45) is 0 Å². The topological polar surface area (TPSA) is 189 Å². The molecule has 0 bridgehead atoms. The maximum Gasteiger partial charge on any atom is 0.303 e. The Morgan fingerprint density at radius 3 is 1.61 bits per heavy atom. The van der Waals surface area contributed by atoms with Crippen LogP contribution in [0.5, 0.6) is 0 Å². The molecular formula is C23H34O15. The Kier molecular flexibility index (Phi) is 11.8. The normalized spacial score (nSPS) is 33.6. The van der Waals surface area contributed by atoms with Crippen molar-refractivity contribution >= 4 is 29.8 Å². The maximum absolute atomic E-state index is 12.0. The quantitative estimate of drug-likeness (QED) is 0.290. The lowest BCUT2D eigenvalue weighted by Crippen LogP contribution is -2.54. The van der Waals surface area contributed by atoms with E-state index in [1.807, 2.05) is 0 Å². The highest BCUT2D eigenvalue weighted by Crippen LogP contribution is 2.30. The highest BCUT2D eigenvalue weighted by Gasteiger charge is 2.51. The molecule has 0 aromatic carbocycles. The summed E-state index contributed by atoms with van der Waals surface area (Å²) in [6.45, 7) is 5.10. The second-order valence-electron chi connectivity index (χ2n) is 8.57. The van der Waals surface area contributed by atoms with Crippen molar-refractivity contribution in [3.05, 3.63) is 0 Å². The van der Waals surface area contributed by atoms with Gasteiger partial charge in [-0.3, -0.25) is 24.0 Å². The predicted octanol–water partition coefficient (Wildman–Crippen LogP) is -0.860. The van der Waals surface area contributed by atoms with Gasteiger partial charge >= 0.3 is 29.8 Å². The van der Waals surface area contributed by atoms with Gasteiger partial charge in [-0.1, -0.05) is 0 Å². The lowest BCUT2D eigenvalue weighted by atomic mass is 10.0. The van der Waals surface area contributed by atoms with Crippen LogP contribution in [0.25, 0.3) is 0 Å². The van der Waals surface area contributed by atoms with E-state index < -0.39 is 85.2 Å². The number of esters is 5. The Morgan fingerprint density at radius 2 is 1.11 bits per heavy atom. The molecule has 0 saturated carbocycles. The predicted molar refractivity (Wildman–Crippen MR) is 120 cm³/mol. The zero-order chi connectivity index (χ0) is 28.6. The van der Waals surface area contributed by atoms with Gasteiger partial charge in [0, 0.05) is 48.1 Å². The second kappa shape index (κ2) is 14.3. The molecule has 216 valence electrons. The van der Waals surface area contributed by atoms with Crippen LogP contribution in [0.2, 0.25) is 0 Å². The Hall–Kier alpha value is -2.85. The molecule has 1 N–H and O–H groups in total. The second-order valence-corrected chi connectivity index (χ2v) is 8.57. The molecule has 6 unspecified atom stereocenters. The van der Waals surface area contributed by atoms with E-state index in [1.165, 1.54) is 7.11 Å². The van der Waals surface area contributed by atoms with Crippen molar-refractivity contribution in [2.75, 3.05) is 20.3 Å². The Bertz CT molecular complexity index is 860. The lowest BCUT2D eigenvalue weighted by Gasteiger charge is -2.35. The van der Waals surface area contributed by atoms with Crippen LogP contribution < -0.4 is 0 Å². The first-order valence-corrected chi connectivity index (χ1v) is 11.8. The van der Waals surface area contributed by atoms with Gasteiger partial charge in [-0.15, -0.1) is 0 Å². The molecule has 15 heteroatoms. The number of rotatable bonds is 8. The summed E-state index contributed by atoms with van der Waals surface area (Å²) in [7, 11) is 1.25. The molecule has 0 radical (unpaired) electrons. The van der Waals surface area contributed by atoms with Gasteiger partial charge in [0.25, 0.3) is 0 Å². The van der Waals surface area contributed by atoms with Crippen LogP contribution in [0.4, 0.5) is 0 Å². The summed E-state index contributed by atoms with van der Waals surface area (Å²) in [6.07, 6.45) is -12.4. The molecule has 2 saturated heterocycles. The standard InChI is InChI=1S/C23H34O15/c1-10(24)33-15-7-8-31-23(20(36-13(4)27)18(15)34-11(2)25)38-16-9-32-22(30-6)21(37-14(5)28)19(17(16)29)35-12(3)26/h15-23,29H,7-9H2,1-6H3/t15?,16-,17?,18?,19?,20?,21?,22+,23-/m1/s1. The zero-order valence-electron chi connectivity index (χ0n) is 22.0. The van der Waals surface area contributed by atoms with Crippen molar-refractivity contribution in [1.29, 1.82) is 0 Å². The van der Waals surface area contributed by atoms with Crippen LogP contribution in [0.1, 0.15) is 41.0 Å². The van der Waals surface area contributed by atoms with Gasteiger partial charge in [-0.25, -0.2) is 0 Å². The van der Waals surface area contributed by atoms with E-state index >= 15 is 0 Å². The number of methoxy groups -OCH3 is 1. The van der Waals surface area contributed by atoms with Gasteiger partial charge in [0.1, 0.15) is 18.3 Å². The van der Waals surface area contributed by atoms with Crippen molar-refractivity contribution in [3.63, 3.8) is 0 Å². The molecule has 2 rings (SSSR count). The number of hydrogen-bond donors (Lipinski definition) is 1. The van der Waals surface area contributed by atoms with Crippen molar-refractivity contribution < 1.29 is 71.7 Å². The van der Waals surface area contributed by atoms with Crippen LogP contribution >= 0.6 is 0 Å². The summed E-state index contributed by atoms with van der Waals surface area (Å²) in [6, 6.07) is 0. The number of hydrogen-bond acceptors (Lipinski definition) is 15. The summed E-state index contributed by atoms with van der Waals surface area (Å²) in [5.74, 6) is -3.79. The summed E-state index contributed by atoms with van der Waals surface area (Å²) in [4.78, 5) is 59.0. The smallest absolute Gasteiger partial charge is 0.303 e. The molecule has 0 aromatic rings. The molecule has 9 atom stereocenters. The van der Waals surface area contributed by atoms with Gasteiger partial charge in [0.15, 0.2) is 37.0 Å². The van der Waals surface area contributed by atoms with Crippen LogP contribution in [0.15, 0.2) is 0 Å². The molecule has 2 heterocycles. The van der Waals surface area contributed by atoms with Crippen LogP contribution in [-0.2, 0) is 66.6 Å². The SMILES string of the molecule is CO[C@H]1OC[C@@H](O[C@H]2OCCC(OC(C)=O)C(OC(C)=O)C2OC(C)=O)C(O)C(OC(C)=O)C1OC(C)=O. The van der Waals surface area contributed by atoms with Crippen molar-refractivity contribution in [3.8, 4) is 0 Å². The number of carbonyl (C=O) groups is 5. The zero-order valence-corrected chi connectivity index (χ0v) is 22.0. The Balaban J connectivity index is 2.42. The van der Waals surface area contributed by atoms with E-state index in [9.17, 15) is 29.1 Å². The van der Waals surface area contributed by atoms with Crippen LogP contribution in [0.3, 0.4) is 0 Å². The van der Waals surface area contributed by atoms with E-state index in [0.717, 1.165) is 34.6 Å². The van der Waals surface area contributed by atoms with E-state index in [2.05, 4.69) is 0 Å². The number of aliphatic hydroxyl groups excluding tert-OH is 1. The highest BCUT2D eigenvalue weighted by atomic mass is 16.7. The number of aliphatic hydroxyl groups is 1. The van der Waals surface area contributed by atoms with Gasteiger partial charge in [-0.05, 0) is 0 Å². The van der Waals surface area contributed by atoms with E-state index in [1.54, 1.807) is 0 Å². The molecule has 0 aromatic heterocycles. The van der Waals surface area contributed by atoms with Gasteiger partial charge < -0.3 is 47.7 Å². The summed E-state index contributed by atoms with van der Waals surface area (Å²) >= 11 is 0. The summed E-state index contributed by atoms with van der Waals surface area (Å²) in [5, 5.41) is 11.2. The summed E-state index contributed by atoms with van der Waals surface area (Å²) in [5.41, 5.74) is 0. The van der Waals surface area contributed by atoms with Crippen molar-refractivity contribution in [1.82, 2.24) is 0 Å². The van der Waals surface area contributed by atoms with E-state index in [0.29, 0.717) is 0 Å². The molecule has 38 heavy (non-hydrogen) atoms. The average Bonchev–Trinajstić information content (AvgIpc) is 3.00. The van der Waals surface area contributed by atoms with Gasteiger partial charge in [0.2, 0.25) is 0 Å². The molecule has 15 nitrogen and oxygen atoms in total.